The predicted molar refractivity (Wildman–Crippen MR) is 69.3 cm³/mol. The van der Waals surface area contributed by atoms with Gasteiger partial charge in [0.15, 0.2) is 0 Å². The van der Waals surface area contributed by atoms with Crippen molar-refractivity contribution in [3.8, 4) is 0 Å². The number of nitrogens with one attached hydrogen (secondary N) is 1. The molecule has 2 atom stereocenters. The molecule has 5 heteroatoms. The Morgan fingerprint density at radius 3 is 2.94 bits per heavy atom. The normalized spacial score (nSPS) is 14.8. The molecule has 1 aromatic rings. The van der Waals surface area contributed by atoms with E-state index in [-0.39, 0.29) is 6.10 Å². The molecule has 4 nitrogen and oxygen atoms in total. The highest BCUT2D eigenvalue weighted by Gasteiger charge is 2.07. The molecular formula is C12H21NO3S. The van der Waals surface area contributed by atoms with Crippen molar-refractivity contribution in [1.29, 1.82) is 0 Å². The van der Waals surface area contributed by atoms with Gasteiger partial charge in [-0.3, -0.25) is 0 Å². The van der Waals surface area contributed by atoms with Gasteiger partial charge in [-0.1, -0.05) is 6.07 Å². The highest BCUT2D eigenvalue weighted by atomic mass is 32.1. The van der Waals surface area contributed by atoms with Crippen molar-refractivity contribution in [2.45, 2.75) is 25.7 Å². The minimum atomic E-state index is -0.478. The molecule has 0 aliphatic heterocycles. The molecule has 1 heterocycles. The molecule has 0 aliphatic rings. The van der Waals surface area contributed by atoms with E-state index in [1.807, 2.05) is 18.4 Å². The number of hydrogen-bond acceptors (Lipinski definition) is 5. The summed E-state index contributed by atoms with van der Waals surface area (Å²) in [4.78, 5) is 1.27. The molecule has 0 aromatic carbocycles. The monoisotopic (exact) mass is 259 g/mol. The maximum atomic E-state index is 9.67. The molecule has 0 amide bonds. The number of aliphatic hydroxyl groups excluding tert-OH is 1. The number of aliphatic hydroxyl groups is 1. The number of hydrogen-bond donors (Lipinski definition) is 2. The second-order valence-electron chi connectivity index (χ2n) is 3.96. The number of methoxy groups -OCH3 is 1. The van der Waals surface area contributed by atoms with Crippen LogP contribution in [0.15, 0.2) is 17.5 Å². The van der Waals surface area contributed by atoms with Crippen molar-refractivity contribution in [2.24, 2.45) is 0 Å². The summed E-state index contributed by atoms with van der Waals surface area (Å²) in [6, 6.07) is 4.09. The largest absolute Gasteiger partial charge is 0.389 e. The molecule has 1 rings (SSSR count). The Morgan fingerprint density at radius 2 is 2.29 bits per heavy atom. The minimum Gasteiger partial charge on any atom is -0.389 e. The van der Waals surface area contributed by atoms with Crippen LogP contribution in [-0.2, 0) is 16.0 Å². The molecular weight excluding hydrogens is 238 g/mol. The van der Waals surface area contributed by atoms with Crippen LogP contribution in [0, 0.1) is 0 Å². The van der Waals surface area contributed by atoms with Crippen LogP contribution in [0.3, 0.4) is 0 Å². The lowest BCUT2D eigenvalue weighted by Gasteiger charge is -2.16. The van der Waals surface area contributed by atoms with Gasteiger partial charge in [-0.2, -0.15) is 0 Å². The summed E-state index contributed by atoms with van der Waals surface area (Å²) >= 11 is 1.71. The van der Waals surface area contributed by atoms with E-state index in [4.69, 9.17) is 9.47 Å². The van der Waals surface area contributed by atoms with Gasteiger partial charge in [-0.25, -0.2) is 0 Å². The lowest BCUT2D eigenvalue weighted by Crippen LogP contribution is -2.31. The fourth-order valence-corrected chi connectivity index (χ4v) is 2.07. The van der Waals surface area contributed by atoms with Crippen LogP contribution in [0.25, 0.3) is 0 Å². The van der Waals surface area contributed by atoms with Crippen molar-refractivity contribution in [3.05, 3.63) is 22.4 Å². The van der Waals surface area contributed by atoms with Crippen LogP contribution in [-0.4, -0.2) is 44.2 Å². The third kappa shape index (κ3) is 6.75. The quantitative estimate of drug-likeness (QED) is 0.701. The summed E-state index contributed by atoms with van der Waals surface area (Å²) in [5, 5.41) is 14.9. The Bertz CT molecular complexity index is 279. The number of rotatable bonds is 9. The average molecular weight is 259 g/mol. The molecule has 0 saturated carbocycles. The molecule has 2 N–H and O–H groups in total. The van der Waals surface area contributed by atoms with E-state index in [1.54, 1.807) is 18.4 Å². The fourth-order valence-electron chi connectivity index (χ4n) is 1.39. The van der Waals surface area contributed by atoms with E-state index in [0.717, 1.165) is 6.54 Å². The van der Waals surface area contributed by atoms with Gasteiger partial charge in [0, 0.05) is 25.1 Å². The number of ether oxygens (including phenoxy) is 2. The first-order chi connectivity index (χ1) is 8.22. The lowest BCUT2D eigenvalue weighted by molar-refractivity contribution is -0.0311. The molecule has 17 heavy (non-hydrogen) atoms. The van der Waals surface area contributed by atoms with Gasteiger partial charge < -0.3 is 19.9 Å². The van der Waals surface area contributed by atoms with Gasteiger partial charge in [-0.05, 0) is 18.4 Å². The Balaban J connectivity index is 2.03. The molecule has 0 fully saturated rings. The maximum Gasteiger partial charge on any atom is 0.0897 e. The molecule has 98 valence electrons. The van der Waals surface area contributed by atoms with Crippen molar-refractivity contribution in [2.75, 3.05) is 26.9 Å². The van der Waals surface area contributed by atoms with Crippen LogP contribution in [0.4, 0.5) is 0 Å². The van der Waals surface area contributed by atoms with Crippen LogP contribution in [0.5, 0.6) is 0 Å². The standard InChI is InChI=1S/C12H21NO3S/c1-10(8-15-2)16-9-11(14)6-13-7-12-4-3-5-17-12/h3-5,10-11,13-14H,6-9H2,1-2H3. The van der Waals surface area contributed by atoms with Crippen LogP contribution < -0.4 is 5.32 Å². The van der Waals surface area contributed by atoms with Crippen LogP contribution in [0.2, 0.25) is 0 Å². The second-order valence-corrected chi connectivity index (χ2v) is 5.00. The Kier molecular flexibility index (Phi) is 7.39. The van der Waals surface area contributed by atoms with Crippen molar-refractivity contribution < 1.29 is 14.6 Å². The smallest absolute Gasteiger partial charge is 0.0897 e. The molecule has 0 saturated heterocycles. The summed E-state index contributed by atoms with van der Waals surface area (Å²) < 4.78 is 10.4. The van der Waals surface area contributed by atoms with Crippen LogP contribution >= 0.6 is 11.3 Å². The Hall–Kier alpha value is -0.460. The summed E-state index contributed by atoms with van der Waals surface area (Å²) in [5.74, 6) is 0. The van der Waals surface area contributed by atoms with E-state index in [0.29, 0.717) is 19.8 Å². The van der Waals surface area contributed by atoms with Gasteiger partial charge >= 0.3 is 0 Å². The van der Waals surface area contributed by atoms with E-state index in [2.05, 4.69) is 11.4 Å². The van der Waals surface area contributed by atoms with E-state index < -0.39 is 6.10 Å². The lowest BCUT2D eigenvalue weighted by atomic mass is 10.3. The summed E-state index contributed by atoms with van der Waals surface area (Å²) in [7, 11) is 1.64. The Morgan fingerprint density at radius 1 is 1.47 bits per heavy atom. The third-order valence-electron chi connectivity index (χ3n) is 2.23. The zero-order valence-electron chi connectivity index (χ0n) is 10.4. The van der Waals surface area contributed by atoms with Gasteiger partial charge in [0.1, 0.15) is 0 Å². The Labute approximate surface area is 107 Å². The SMILES string of the molecule is COCC(C)OCC(O)CNCc1cccs1. The molecule has 2 unspecified atom stereocenters. The average Bonchev–Trinajstić information content (AvgIpc) is 2.80. The van der Waals surface area contributed by atoms with Crippen molar-refractivity contribution in [3.63, 3.8) is 0 Å². The van der Waals surface area contributed by atoms with Gasteiger partial charge in [-0.15, -0.1) is 11.3 Å². The summed E-state index contributed by atoms with van der Waals surface area (Å²) in [6.07, 6.45) is -0.457. The highest BCUT2D eigenvalue weighted by Crippen LogP contribution is 2.07. The van der Waals surface area contributed by atoms with Gasteiger partial charge in [0.05, 0.1) is 25.4 Å². The maximum absolute atomic E-state index is 9.67. The first kappa shape index (κ1) is 14.6. The van der Waals surface area contributed by atoms with Crippen molar-refractivity contribution >= 4 is 11.3 Å². The third-order valence-corrected chi connectivity index (χ3v) is 3.11. The van der Waals surface area contributed by atoms with E-state index in [9.17, 15) is 5.11 Å². The summed E-state index contributed by atoms with van der Waals surface area (Å²) in [5.41, 5.74) is 0. The molecule has 0 spiro atoms. The summed E-state index contributed by atoms with van der Waals surface area (Å²) in [6.45, 7) is 4.15. The second kappa shape index (κ2) is 8.60. The molecule has 0 radical (unpaired) electrons. The molecule has 1 aromatic heterocycles. The number of thiophene rings is 1. The topological polar surface area (TPSA) is 50.7 Å². The zero-order valence-corrected chi connectivity index (χ0v) is 11.2. The molecule has 0 bridgehead atoms. The van der Waals surface area contributed by atoms with E-state index >= 15 is 0 Å². The first-order valence-corrected chi connectivity index (χ1v) is 6.62. The fraction of sp³-hybridized carbons (Fsp3) is 0.667. The van der Waals surface area contributed by atoms with E-state index in [1.165, 1.54) is 4.88 Å². The highest BCUT2D eigenvalue weighted by molar-refractivity contribution is 7.09. The van der Waals surface area contributed by atoms with Crippen LogP contribution in [0.1, 0.15) is 11.8 Å². The first-order valence-electron chi connectivity index (χ1n) is 5.74. The predicted octanol–water partition coefficient (Wildman–Crippen LogP) is 1.25. The van der Waals surface area contributed by atoms with Gasteiger partial charge in [0.2, 0.25) is 0 Å². The van der Waals surface area contributed by atoms with Crippen molar-refractivity contribution in [1.82, 2.24) is 5.32 Å². The minimum absolute atomic E-state index is 0.0203. The zero-order chi connectivity index (χ0) is 12.5. The molecule has 0 aliphatic carbocycles. The van der Waals surface area contributed by atoms with Gasteiger partial charge in [0.25, 0.3) is 0 Å².